The molecule has 0 spiro atoms. The van der Waals surface area contributed by atoms with Gasteiger partial charge in [0, 0.05) is 4.90 Å². The summed E-state index contributed by atoms with van der Waals surface area (Å²) in [4.78, 5) is 11.4. The van der Waals surface area contributed by atoms with E-state index in [2.05, 4.69) is 6.07 Å². The number of benzene rings is 2. The molecule has 0 saturated carbocycles. The number of hydrogen-bond donors (Lipinski definition) is 1. The van der Waals surface area contributed by atoms with Crippen molar-refractivity contribution in [1.29, 1.82) is 0 Å². The van der Waals surface area contributed by atoms with Crippen LogP contribution in [0.2, 0.25) is 0 Å². The topological polar surface area (TPSA) is 54.4 Å². The molecule has 0 fully saturated rings. The van der Waals surface area contributed by atoms with Gasteiger partial charge in [-0.25, -0.2) is 4.79 Å². The van der Waals surface area contributed by atoms with Crippen LogP contribution >= 0.6 is 0 Å². The minimum Gasteiger partial charge on any atom is -0.478 e. The molecule has 104 valence electrons. The maximum absolute atomic E-state index is 12.3. The molecule has 1 atom stereocenters. The van der Waals surface area contributed by atoms with Crippen molar-refractivity contribution >= 4 is 16.8 Å². The van der Waals surface area contributed by atoms with Gasteiger partial charge in [-0.3, -0.25) is 4.21 Å². The van der Waals surface area contributed by atoms with Crippen LogP contribution in [0.25, 0.3) is 0 Å². The first kappa shape index (κ1) is 14.5. The first-order valence-electron chi connectivity index (χ1n) is 6.24. The molecule has 0 saturated heterocycles. The summed E-state index contributed by atoms with van der Waals surface area (Å²) >= 11 is 0. The Morgan fingerprint density at radius 2 is 1.60 bits per heavy atom. The van der Waals surface area contributed by atoms with Crippen molar-refractivity contribution in [2.45, 2.75) is 24.5 Å². The minimum absolute atomic E-state index is 0.206. The van der Waals surface area contributed by atoms with E-state index >= 15 is 0 Å². The highest BCUT2D eigenvalue weighted by atomic mass is 32.2. The molecule has 0 radical (unpaired) electrons. The fourth-order valence-corrected chi connectivity index (χ4v) is 3.21. The third kappa shape index (κ3) is 3.54. The Morgan fingerprint density at radius 3 is 2.10 bits per heavy atom. The lowest BCUT2D eigenvalue weighted by Crippen LogP contribution is -2.00. The molecule has 2 rings (SSSR count). The van der Waals surface area contributed by atoms with Gasteiger partial charge in [0.05, 0.1) is 22.1 Å². The van der Waals surface area contributed by atoms with Gasteiger partial charge in [-0.1, -0.05) is 29.3 Å². The predicted octanol–water partition coefficient (Wildman–Crippen LogP) is 3.31. The third-order valence-electron chi connectivity index (χ3n) is 2.94. The van der Waals surface area contributed by atoms with Crippen molar-refractivity contribution < 1.29 is 14.1 Å². The Hall–Kier alpha value is -1.94. The normalized spacial score (nSPS) is 12.1. The first-order valence-corrected chi connectivity index (χ1v) is 7.56. The van der Waals surface area contributed by atoms with Gasteiger partial charge in [0.2, 0.25) is 0 Å². The van der Waals surface area contributed by atoms with E-state index < -0.39 is 16.8 Å². The number of aryl methyl sites for hydroxylation is 2. The second-order valence-corrected chi connectivity index (χ2v) is 6.27. The number of carboxylic acids is 1. The van der Waals surface area contributed by atoms with Gasteiger partial charge in [-0.05, 0) is 43.7 Å². The molecule has 0 heterocycles. The molecule has 0 bridgehead atoms. The molecule has 1 unspecified atom stereocenters. The number of hydrogen-bond acceptors (Lipinski definition) is 2. The molecule has 3 nitrogen and oxygen atoms in total. The van der Waals surface area contributed by atoms with Crippen LogP contribution in [-0.2, 0) is 16.6 Å². The molecule has 2 aromatic rings. The van der Waals surface area contributed by atoms with Gasteiger partial charge in [0.25, 0.3) is 0 Å². The highest BCUT2D eigenvalue weighted by Gasteiger charge is 2.08. The van der Waals surface area contributed by atoms with E-state index in [1.807, 2.05) is 26.0 Å². The van der Waals surface area contributed by atoms with Gasteiger partial charge in [0.1, 0.15) is 0 Å². The van der Waals surface area contributed by atoms with Gasteiger partial charge in [0.15, 0.2) is 0 Å². The van der Waals surface area contributed by atoms with Crippen LogP contribution in [-0.4, -0.2) is 15.3 Å². The highest BCUT2D eigenvalue weighted by molar-refractivity contribution is 7.84. The van der Waals surface area contributed by atoms with Crippen molar-refractivity contribution in [3.63, 3.8) is 0 Å². The SMILES string of the molecule is Cc1cc(C)cc(CS(=O)c2ccc(C(=O)O)cc2)c1. The van der Waals surface area contributed by atoms with E-state index in [4.69, 9.17) is 5.11 Å². The molecule has 0 aliphatic heterocycles. The van der Waals surface area contributed by atoms with Crippen molar-refractivity contribution in [2.24, 2.45) is 0 Å². The number of aromatic carboxylic acids is 1. The quantitative estimate of drug-likeness (QED) is 0.939. The summed E-state index contributed by atoms with van der Waals surface area (Å²) in [6.07, 6.45) is 0. The molecular formula is C16H16O3S. The maximum atomic E-state index is 12.3. The van der Waals surface area contributed by atoms with Crippen LogP contribution < -0.4 is 0 Å². The van der Waals surface area contributed by atoms with Crippen LogP contribution in [0.4, 0.5) is 0 Å². The molecule has 0 aromatic heterocycles. The van der Waals surface area contributed by atoms with Crippen LogP contribution in [0.3, 0.4) is 0 Å². The number of carbonyl (C=O) groups is 1. The van der Waals surface area contributed by atoms with E-state index in [0.717, 1.165) is 16.7 Å². The number of rotatable bonds is 4. The smallest absolute Gasteiger partial charge is 0.335 e. The highest BCUT2D eigenvalue weighted by Crippen LogP contribution is 2.16. The van der Waals surface area contributed by atoms with Gasteiger partial charge in [-0.15, -0.1) is 0 Å². The Morgan fingerprint density at radius 1 is 1.05 bits per heavy atom. The Bertz CT molecular complexity index is 640. The van der Waals surface area contributed by atoms with Gasteiger partial charge in [-0.2, -0.15) is 0 Å². The molecule has 0 aliphatic carbocycles. The van der Waals surface area contributed by atoms with Crippen molar-refractivity contribution in [1.82, 2.24) is 0 Å². The Balaban J connectivity index is 2.17. The summed E-state index contributed by atoms with van der Waals surface area (Å²) < 4.78 is 12.3. The second-order valence-electron chi connectivity index (χ2n) is 4.82. The van der Waals surface area contributed by atoms with E-state index in [1.165, 1.54) is 12.1 Å². The second kappa shape index (κ2) is 6.01. The molecule has 1 N–H and O–H groups in total. The van der Waals surface area contributed by atoms with Crippen molar-refractivity contribution in [3.8, 4) is 0 Å². The molecule has 20 heavy (non-hydrogen) atoms. The molecule has 0 amide bonds. The van der Waals surface area contributed by atoms with Gasteiger partial charge >= 0.3 is 5.97 Å². The lowest BCUT2D eigenvalue weighted by molar-refractivity contribution is 0.0697. The zero-order chi connectivity index (χ0) is 14.7. The molecule has 0 aliphatic rings. The monoisotopic (exact) mass is 288 g/mol. The summed E-state index contributed by atoms with van der Waals surface area (Å²) in [5.41, 5.74) is 3.54. The summed E-state index contributed by atoms with van der Waals surface area (Å²) in [6, 6.07) is 12.3. The van der Waals surface area contributed by atoms with Crippen molar-refractivity contribution in [3.05, 3.63) is 64.7 Å². The summed E-state index contributed by atoms with van der Waals surface area (Å²) in [7, 11) is -1.17. The summed E-state index contributed by atoms with van der Waals surface area (Å²) in [6.45, 7) is 4.03. The fourth-order valence-electron chi connectivity index (χ4n) is 2.14. The van der Waals surface area contributed by atoms with E-state index in [0.29, 0.717) is 10.6 Å². The lowest BCUT2D eigenvalue weighted by atomic mass is 10.1. The minimum atomic E-state index is -1.17. The van der Waals surface area contributed by atoms with E-state index in [9.17, 15) is 9.00 Å². The predicted molar refractivity (Wildman–Crippen MR) is 79.4 cm³/mol. The van der Waals surface area contributed by atoms with Crippen molar-refractivity contribution in [2.75, 3.05) is 0 Å². The summed E-state index contributed by atoms with van der Waals surface area (Å²) in [5.74, 6) is -0.536. The van der Waals surface area contributed by atoms with Crippen LogP contribution in [0.15, 0.2) is 47.4 Å². The lowest BCUT2D eigenvalue weighted by Gasteiger charge is -2.06. The van der Waals surface area contributed by atoms with Crippen LogP contribution in [0, 0.1) is 13.8 Å². The van der Waals surface area contributed by atoms with Crippen LogP contribution in [0.1, 0.15) is 27.0 Å². The molecule has 4 heteroatoms. The number of carboxylic acid groups (broad SMARTS) is 1. The fraction of sp³-hybridized carbons (Fsp3) is 0.188. The average molecular weight is 288 g/mol. The average Bonchev–Trinajstić information content (AvgIpc) is 2.37. The maximum Gasteiger partial charge on any atom is 0.335 e. The van der Waals surface area contributed by atoms with E-state index in [-0.39, 0.29) is 5.56 Å². The zero-order valence-corrected chi connectivity index (χ0v) is 12.2. The summed E-state index contributed by atoms with van der Waals surface area (Å²) in [5, 5.41) is 8.83. The molecule has 2 aromatic carbocycles. The first-order chi connectivity index (χ1) is 9.45. The largest absolute Gasteiger partial charge is 0.478 e. The zero-order valence-electron chi connectivity index (χ0n) is 11.4. The Labute approximate surface area is 120 Å². The van der Waals surface area contributed by atoms with Gasteiger partial charge < -0.3 is 5.11 Å². The Kier molecular flexibility index (Phi) is 4.35. The molecular weight excluding hydrogens is 272 g/mol. The van der Waals surface area contributed by atoms with Crippen LogP contribution in [0.5, 0.6) is 0 Å². The third-order valence-corrected chi connectivity index (χ3v) is 4.34. The van der Waals surface area contributed by atoms with E-state index in [1.54, 1.807) is 12.1 Å². The standard InChI is InChI=1S/C16H16O3S/c1-11-7-12(2)9-13(8-11)10-20(19)15-5-3-14(4-6-15)16(17)18/h3-9H,10H2,1-2H3,(H,17,18).